The molecule has 1 aromatic carbocycles. The Balaban J connectivity index is -0.0000000375. The van der Waals surface area contributed by atoms with Crippen LogP contribution < -0.4 is 0 Å². The molecule has 0 heteroatoms. The monoisotopic (exact) mass is 312 g/mol. The number of benzene rings is 1. The molecule has 0 atom stereocenters. The molecule has 1 aromatic rings. The van der Waals surface area contributed by atoms with Crippen LogP contribution in [0.1, 0.15) is 96.9 Å². The molecule has 0 fully saturated rings. The second-order valence-corrected chi connectivity index (χ2v) is 3.15. The molecule has 0 saturated heterocycles. The quantitative estimate of drug-likeness (QED) is 0.419. The second kappa shape index (κ2) is 59.7. The third-order valence-electron chi connectivity index (χ3n) is 1.67. The molecule has 0 radical (unpaired) electrons. The Kier molecular flexibility index (Phi) is 101. The summed E-state index contributed by atoms with van der Waals surface area (Å²) in [5, 5.41) is 0. The van der Waals surface area contributed by atoms with Crippen molar-refractivity contribution in [3.63, 3.8) is 0 Å². The first-order chi connectivity index (χ1) is 10.6. The molecule has 0 saturated carbocycles. The SMILES string of the molecule is CC.CC.CC.CC.CC.CC(C)=C(C)C.c1ccccc1. The van der Waals surface area contributed by atoms with E-state index in [1.807, 2.05) is 106 Å². The fraction of sp³-hybridized carbons (Fsp3) is 0.636. The van der Waals surface area contributed by atoms with Gasteiger partial charge in [-0.05, 0) is 27.7 Å². The van der Waals surface area contributed by atoms with E-state index in [1.165, 1.54) is 11.1 Å². The van der Waals surface area contributed by atoms with Crippen LogP contribution in [0.25, 0.3) is 0 Å². The van der Waals surface area contributed by atoms with Gasteiger partial charge < -0.3 is 0 Å². The Morgan fingerprint density at radius 3 is 0.455 bits per heavy atom. The second-order valence-electron chi connectivity index (χ2n) is 3.15. The van der Waals surface area contributed by atoms with Crippen molar-refractivity contribution in [1.82, 2.24) is 0 Å². The van der Waals surface area contributed by atoms with Crippen molar-refractivity contribution in [2.75, 3.05) is 0 Å². The van der Waals surface area contributed by atoms with Crippen LogP contribution in [0.2, 0.25) is 0 Å². The van der Waals surface area contributed by atoms with Gasteiger partial charge in [0.25, 0.3) is 0 Å². The normalized spacial score (nSPS) is 5.73. The Morgan fingerprint density at radius 2 is 0.409 bits per heavy atom. The number of hydrogen-bond donors (Lipinski definition) is 0. The standard InChI is InChI=1S/C6H6.C6H12.5C2H6/c1-2-4-6-5-3-1;1-5(2)6(3)4;5*1-2/h1-6H;1-4H3;5*1-2H3. The van der Waals surface area contributed by atoms with Gasteiger partial charge in [0.1, 0.15) is 0 Å². The third kappa shape index (κ3) is 76.2. The summed E-state index contributed by atoms with van der Waals surface area (Å²) in [4.78, 5) is 0. The van der Waals surface area contributed by atoms with Crippen molar-refractivity contribution in [2.24, 2.45) is 0 Å². The fourth-order valence-corrected chi connectivity index (χ4v) is 0.385. The average Bonchev–Trinajstić information content (AvgIpc) is 2.65. The van der Waals surface area contributed by atoms with E-state index in [4.69, 9.17) is 0 Å². The summed E-state index contributed by atoms with van der Waals surface area (Å²) in [6, 6.07) is 12.0. The smallest absolute Gasteiger partial charge is 0.0440 e. The number of allylic oxidation sites excluding steroid dienone is 2. The summed E-state index contributed by atoms with van der Waals surface area (Å²) in [5.41, 5.74) is 2.85. The average molecular weight is 313 g/mol. The van der Waals surface area contributed by atoms with Gasteiger partial charge in [0, 0.05) is 0 Å². The summed E-state index contributed by atoms with van der Waals surface area (Å²) < 4.78 is 0. The molecular weight excluding hydrogens is 264 g/mol. The van der Waals surface area contributed by atoms with Crippen molar-refractivity contribution in [3.05, 3.63) is 47.5 Å². The number of rotatable bonds is 0. The number of hydrogen-bond acceptors (Lipinski definition) is 0. The topological polar surface area (TPSA) is 0 Å². The summed E-state index contributed by atoms with van der Waals surface area (Å²) in [7, 11) is 0. The first-order valence-electron chi connectivity index (χ1n) is 9.25. The molecule has 0 unspecified atom stereocenters. The lowest BCUT2D eigenvalue weighted by molar-refractivity contribution is 1.23. The molecule has 0 spiro atoms. The molecule has 0 aliphatic carbocycles. The molecule has 0 amide bonds. The molecule has 0 nitrogen and oxygen atoms in total. The predicted molar refractivity (Wildman–Crippen MR) is 113 cm³/mol. The zero-order chi connectivity index (χ0) is 19.4. The van der Waals surface area contributed by atoms with E-state index >= 15 is 0 Å². The van der Waals surface area contributed by atoms with Gasteiger partial charge in [-0.25, -0.2) is 0 Å². The maximum atomic E-state index is 2.12. The van der Waals surface area contributed by atoms with Crippen LogP contribution in [0.5, 0.6) is 0 Å². The summed E-state index contributed by atoms with van der Waals surface area (Å²) in [6.07, 6.45) is 0. The van der Waals surface area contributed by atoms with Crippen LogP contribution in [-0.2, 0) is 0 Å². The van der Waals surface area contributed by atoms with Gasteiger partial charge in [-0.3, -0.25) is 0 Å². The van der Waals surface area contributed by atoms with Gasteiger partial charge in [-0.15, -0.1) is 0 Å². The lowest BCUT2D eigenvalue weighted by Gasteiger charge is -1.88. The van der Waals surface area contributed by atoms with Crippen LogP contribution in [0.15, 0.2) is 47.5 Å². The van der Waals surface area contributed by atoms with Crippen LogP contribution in [0.4, 0.5) is 0 Å². The first-order valence-corrected chi connectivity index (χ1v) is 9.25. The van der Waals surface area contributed by atoms with E-state index in [2.05, 4.69) is 27.7 Å². The van der Waals surface area contributed by atoms with Crippen LogP contribution in [0.3, 0.4) is 0 Å². The highest BCUT2D eigenvalue weighted by molar-refractivity contribution is 5.02. The molecule has 0 aromatic heterocycles. The van der Waals surface area contributed by atoms with Gasteiger partial charge in [-0.1, -0.05) is 117 Å². The highest BCUT2D eigenvalue weighted by atomic mass is 13.8. The van der Waals surface area contributed by atoms with Crippen molar-refractivity contribution in [2.45, 2.75) is 96.9 Å². The Hall–Kier alpha value is -1.04. The summed E-state index contributed by atoms with van der Waals surface area (Å²) in [6.45, 7) is 28.5. The van der Waals surface area contributed by atoms with E-state index in [0.717, 1.165) is 0 Å². The van der Waals surface area contributed by atoms with Gasteiger partial charge in [-0.2, -0.15) is 0 Å². The van der Waals surface area contributed by atoms with Crippen molar-refractivity contribution in [1.29, 1.82) is 0 Å². The molecule has 0 aliphatic heterocycles. The minimum Gasteiger partial charge on any atom is -0.0778 e. The predicted octanol–water partition coefficient (Wildman–Crippen LogP) is 9.18. The lowest BCUT2D eigenvalue weighted by atomic mass is 10.2. The minimum absolute atomic E-state index is 1.43. The Bertz CT molecular complexity index is 174. The molecule has 22 heavy (non-hydrogen) atoms. The van der Waals surface area contributed by atoms with Crippen molar-refractivity contribution >= 4 is 0 Å². The largest absolute Gasteiger partial charge is 0.0778 e. The zero-order valence-corrected chi connectivity index (χ0v) is 18.5. The van der Waals surface area contributed by atoms with E-state index in [1.54, 1.807) is 0 Å². The maximum Gasteiger partial charge on any atom is -0.0440 e. The summed E-state index contributed by atoms with van der Waals surface area (Å²) >= 11 is 0. The lowest BCUT2D eigenvalue weighted by Crippen LogP contribution is -1.66. The zero-order valence-electron chi connectivity index (χ0n) is 18.5. The molecule has 0 N–H and O–H groups in total. The van der Waals surface area contributed by atoms with Gasteiger partial charge >= 0.3 is 0 Å². The van der Waals surface area contributed by atoms with Crippen molar-refractivity contribution in [3.8, 4) is 0 Å². The highest BCUT2D eigenvalue weighted by Gasteiger charge is 1.75. The molecular formula is C22H48. The van der Waals surface area contributed by atoms with Crippen LogP contribution in [0, 0.1) is 0 Å². The first kappa shape index (κ1) is 37.3. The summed E-state index contributed by atoms with van der Waals surface area (Å²) in [5.74, 6) is 0. The van der Waals surface area contributed by atoms with E-state index < -0.39 is 0 Å². The third-order valence-corrected chi connectivity index (χ3v) is 1.67. The fourth-order valence-electron chi connectivity index (χ4n) is 0.385. The van der Waals surface area contributed by atoms with Gasteiger partial charge in [0.2, 0.25) is 0 Å². The molecule has 136 valence electrons. The Morgan fingerprint density at radius 1 is 0.318 bits per heavy atom. The van der Waals surface area contributed by atoms with Gasteiger partial charge in [0.15, 0.2) is 0 Å². The molecule has 0 bridgehead atoms. The minimum atomic E-state index is 1.43. The molecule has 1 rings (SSSR count). The highest BCUT2D eigenvalue weighted by Crippen LogP contribution is 1.97. The maximum absolute atomic E-state index is 2.12. The molecule has 0 heterocycles. The van der Waals surface area contributed by atoms with E-state index in [-0.39, 0.29) is 0 Å². The van der Waals surface area contributed by atoms with E-state index in [0.29, 0.717) is 0 Å². The van der Waals surface area contributed by atoms with Crippen molar-refractivity contribution < 1.29 is 0 Å². The Labute approximate surface area is 145 Å². The van der Waals surface area contributed by atoms with Gasteiger partial charge in [0.05, 0.1) is 0 Å². The van der Waals surface area contributed by atoms with Crippen LogP contribution in [-0.4, -0.2) is 0 Å². The van der Waals surface area contributed by atoms with Crippen LogP contribution >= 0.6 is 0 Å². The molecule has 0 aliphatic rings. The van der Waals surface area contributed by atoms with E-state index in [9.17, 15) is 0 Å².